The van der Waals surface area contributed by atoms with E-state index in [1.54, 1.807) is 0 Å². The Kier molecular flexibility index (Phi) is 5.56. The molecule has 0 aliphatic carbocycles. The lowest BCUT2D eigenvalue weighted by atomic mass is 10.0. The number of anilines is 3. The molecule has 0 bridgehead atoms. The maximum atomic E-state index is 12.3. The van der Waals surface area contributed by atoms with E-state index in [1.165, 1.54) is 0 Å². The van der Waals surface area contributed by atoms with Gasteiger partial charge in [-0.3, -0.25) is 4.79 Å². The van der Waals surface area contributed by atoms with Crippen molar-refractivity contribution in [2.45, 2.75) is 19.9 Å². The summed E-state index contributed by atoms with van der Waals surface area (Å²) in [4.78, 5) is 21.8. The Labute approximate surface area is 203 Å². The van der Waals surface area contributed by atoms with Crippen molar-refractivity contribution in [3.05, 3.63) is 75.3 Å². The number of benzene rings is 2. The molecular formula is C26H29N7O2. The molecule has 1 aliphatic rings. The highest BCUT2D eigenvalue weighted by molar-refractivity contribution is 6.19. The maximum Gasteiger partial charge on any atom is 0.288 e. The molecule has 5 N–H and O–H groups in total. The molecule has 1 saturated heterocycles. The van der Waals surface area contributed by atoms with Crippen LogP contribution in [0.2, 0.25) is 0 Å². The minimum absolute atomic E-state index is 0.0563. The van der Waals surface area contributed by atoms with Crippen LogP contribution in [0, 0.1) is 13.8 Å². The monoisotopic (exact) mass is 471 g/mol. The topological polar surface area (TPSA) is 130 Å². The first-order valence-corrected chi connectivity index (χ1v) is 11.5. The largest absolute Gasteiger partial charge is 0.454 e. The highest BCUT2D eigenvalue weighted by Crippen LogP contribution is 2.32. The third-order valence-corrected chi connectivity index (χ3v) is 6.64. The number of H-pyrrole nitrogens is 1. The van der Waals surface area contributed by atoms with Gasteiger partial charge in [0.05, 0.1) is 11.3 Å². The Morgan fingerprint density at radius 1 is 1.14 bits per heavy atom. The molecule has 2 aromatic heterocycles. The van der Waals surface area contributed by atoms with Gasteiger partial charge >= 0.3 is 0 Å². The van der Waals surface area contributed by atoms with E-state index in [2.05, 4.69) is 40.2 Å². The summed E-state index contributed by atoms with van der Waals surface area (Å²) in [6, 6.07) is 14.5. The van der Waals surface area contributed by atoms with Gasteiger partial charge in [0, 0.05) is 35.8 Å². The average Bonchev–Trinajstić information content (AvgIpc) is 3.11. The van der Waals surface area contributed by atoms with Crippen LogP contribution in [-0.4, -0.2) is 54.0 Å². The summed E-state index contributed by atoms with van der Waals surface area (Å²) in [5.41, 5.74) is 16.9. The molecule has 2 aromatic carbocycles. The number of aryl methyl sites for hydroxylation is 2. The van der Waals surface area contributed by atoms with Gasteiger partial charge in [0.2, 0.25) is 0 Å². The van der Waals surface area contributed by atoms with Crippen molar-refractivity contribution in [2.75, 3.05) is 43.6 Å². The van der Waals surface area contributed by atoms with Crippen molar-refractivity contribution in [2.24, 2.45) is 4.99 Å². The second-order valence-corrected chi connectivity index (χ2v) is 9.28. The summed E-state index contributed by atoms with van der Waals surface area (Å²) in [6.07, 6.45) is 0. The van der Waals surface area contributed by atoms with E-state index < -0.39 is 5.56 Å². The molecule has 0 spiro atoms. The molecule has 5 rings (SSSR count). The minimum atomic E-state index is -0.532. The molecule has 0 amide bonds. The lowest BCUT2D eigenvalue weighted by Crippen LogP contribution is -2.57. The number of nitrogens with one attached hydrogen (secondary N) is 1. The fraction of sp³-hybridized carbons (Fsp3) is 0.269. The molecule has 1 aliphatic heterocycles. The molecule has 9 heteroatoms. The molecule has 0 radical (unpaired) electrons. The molecule has 9 nitrogen and oxygen atoms in total. The van der Waals surface area contributed by atoms with E-state index in [0.29, 0.717) is 28.8 Å². The lowest BCUT2D eigenvalue weighted by Gasteiger charge is -2.44. The van der Waals surface area contributed by atoms with Crippen LogP contribution in [0.1, 0.15) is 22.5 Å². The Balaban J connectivity index is 1.61. The highest BCUT2D eigenvalue weighted by atomic mass is 16.3. The van der Waals surface area contributed by atoms with Gasteiger partial charge in [0.15, 0.2) is 11.6 Å². The number of nitrogens with two attached hydrogens (primary N) is 2. The van der Waals surface area contributed by atoms with Gasteiger partial charge in [-0.25, -0.2) is 10.1 Å². The van der Waals surface area contributed by atoms with Gasteiger partial charge in [-0.1, -0.05) is 11.6 Å². The van der Waals surface area contributed by atoms with Gasteiger partial charge in [-0.05, 0) is 64.3 Å². The lowest BCUT2D eigenvalue weighted by molar-refractivity contribution is 0.247. The summed E-state index contributed by atoms with van der Waals surface area (Å²) in [6.45, 7) is 5.96. The van der Waals surface area contributed by atoms with E-state index in [0.717, 1.165) is 35.3 Å². The number of nitrogen functional groups attached to an aromatic ring is 2. The van der Waals surface area contributed by atoms with Crippen LogP contribution in [0.4, 0.5) is 22.9 Å². The fourth-order valence-corrected chi connectivity index (χ4v) is 4.37. The summed E-state index contributed by atoms with van der Waals surface area (Å²) < 4.78 is 6.22. The van der Waals surface area contributed by atoms with Crippen LogP contribution >= 0.6 is 0 Å². The minimum Gasteiger partial charge on any atom is -0.454 e. The van der Waals surface area contributed by atoms with E-state index in [-0.39, 0.29) is 17.1 Å². The quantitative estimate of drug-likeness (QED) is 0.381. The van der Waals surface area contributed by atoms with Crippen LogP contribution in [0.25, 0.3) is 11.0 Å². The molecule has 180 valence electrons. The van der Waals surface area contributed by atoms with Gasteiger partial charge in [0.1, 0.15) is 17.0 Å². The van der Waals surface area contributed by atoms with Crippen LogP contribution in [-0.2, 0) is 0 Å². The first kappa shape index (κ1) is 22.7. The second-order valence-electron chi connectivity index (χ2n) is 9.28. The van der Waals surface area contributed by atoms with Crippen molar-refractivity contribution in [1.82, 2.24) is 15.1 Å². The number of rotatable bonds is 5. The van der Waals surface area contributed by atoms with E-state index in [1.807, 2.05) is 50.2 Å². The molecule has 35 heavy (non-hydrogen) atoms. The van der Waals surface area contributed by atoms with Crippen molar-refractivity contribution < 1.29 is 4.42 Å². The highest BCUT2D eigenvalue weighted by Gasteiger charge is 2.28. The van der Waals surface area contributed by atoms with Crippen molar-refractivity contribution in [3.63, 3.8) is 0 Å². The average molecular weight is 472 g/mol. The van der Waals surface area contributed by atoms with Gasteiger partial charge < -0.3 is 25.7 Å². The smallest absolute Gasteiger partial charge is 0.288 e. The van der Waals surface area contributed by atoms with Crippen LogP contribution in [0.5, 0.6) is 0 Å². The van der Waals surface area contributed by atoms with Gasteiger partial charge in [0.25, 0.3) is 5.56 Å². The Morgan fingerprint density at radius 3 is 2.54 bits per heavy atom. The molecule has 1 fully saturated rings. The third kappa shape index (κ3) is 4.04. The number of aromatic nitrogens is 2. The summed E-state index contributed by atoms with van der Waals surface area (Å²) in [5.74, 6) is 0.570. The number of fused-ring (bicyclic) bond motifs is 1. The van der Waals surface area contributed by atoms with Crippen LogP contribution in [0.3, 0.4) is 0 Å². The molecule has 0 atom stereocenters. The number of aromatic amines is 1. The molecule has 0 unspecified atom stereocenters. The Morgan fingerprint density at radius 2 is 1.86 bits per heavy atom. The number of aliphatic imine (C=N–C) groups is 1. The zero-order valence-corrected chi connectivity index (χ0v) is 20.3. The zero-order valence-electron chi connectivity index (χ0n) is 20.3. The second kappa shape index (κ2) is 8.59. The fourth-order valence-electron chi connectivity index (χ4n) is 4.37. The van der Waals surface area contributed by atoms with E-state index in [4.69, 9.17) is 20.9 Å². The number of hydrogen-bond donors (Lipinski definition) is 3. The van der Waals surface area contributed by atoms with Crippen molar-refractivity contribution >= 4 is 39.6 Å². The zero-order chi connectivity index (χ0) is 24.9. The standard InChI is InChI=1S/C26H29N7O2/c1-14-5-10-20-19(11-14)15(2)24(35-20)23(21-22(27)26(34)31-30-25(21)28)29-16-6-8-17(9-7-16)33-12-18(13-33)32(3)4/h5-11,18H,12-13H2,1-4H3,(H,31,34)(H4,27,28,30). The SMILES string of the molecule is Cc1ccc2oc(C(=Nc3ccc(N4CC(N(C)C)C4)cc3)c3c(N)n[nH]c(=O)c3N)c(C)c2c1. The maximum absolute atomic E-state index is 12.3. The molecule has 4 aromatic rings. The van der Waals surface area contributed by atoms with Crippen LogP contribution < -0.4 is 21.9 Å². The number of hydrogen-bond acceptors (Lipinski definition) is 8. The van der Waals surface area contributed by atoms with Gasteiger partial charge in [-0.2, -0.15) is 5.10 Å². The first-order valence-electron chi connectivity index (χ1n) is 11.5. The van der Waals surface area contributed by atoms with E-state index in [9.17, 15) is 4.79 Å². The number of likely N-dealkylation sites (N-methyl/N-ethyl adjacent to an activating group) is 1. The van der Waals surface area contributed by atoms with Crippen molar-refractivity contribution in [3.8, 4) is 0 Å². The van der Waals surface area contributed by atoms with E-state index >= 15 is 0 Å². The third-order valence-electron chi connectivity index (χ3n) is 6.64. The van der Waals surface area contributed by atoms with Crippen molar-refractivity contribution in [1.29, 1.82) is 0 Å². The molecule has 0 saturated carbocycles. The van der Waals surface area contributed by atoms with Crippen LogP contribution in [0.15, 0.2) is 56.7 Å². The number of nitrogens with zero attached hydrogens (tertiary/aromatic N) is 4. The normalized spacial score (nSPS) is 14.7. The van der Waals surface area contributed by atoms with Gasteiger partial charge in [-0.15, -0.1) is 0 Å². The predicted molar refractivity (Wildman–Crippen MR) is 141 cm³/mol. The Bertz CT molecular complexity index is 1490. The summed E-state index contributed by atoms with van der Waals surface area (Å²) >= 11 is 0. The molecular weight excluding hydrogens is 442 g/mol. The number of furan rings is 1. The Hall–Kier alpha value is -4.11. The predicted octanol–water partition coefficient (Wildman–Crippen LogP) is 3.22. The molecule has 3 heterocycles. The summed E-state index contributed by atoms with van der Waals surface area (Å²) in [7, 11) is 4.20. The summed E-state index contributed by atoms with van der Waals surface area (Å²) in [5, 5.41) is 7.21. The first-order chi connectivity index (χ1) is 16.7.